The van der Waals surface area contributed by atoms with Crippen molar-refractivity contribution in [1.82, 2.24) is 15.1 Å². The van der Waals surface area contributed by atoms with Gasteiger partial charge in [0.2, 0.25) is 9.84 Å². The molecular weight excluding hydrogens is 358 g/mol. The van der Waals surface area contributed by atoms with Crippen molar-refractivity contribution >= 4 is 9.84 Å². The Labute approximate surface area is 162 Å². The molecule has 5 nitrogen and oxygen atoms in total. The van der Waals surface area contributed by atoms with E-state index in [0.717, 1.165) is 37.4 Å². The molecule has 0 bridgehead atoms. The molecule has 144 valence electrons. The van der Waals surface area contributed by atoms with Crippen LogP contribution in [0.5, 0.6) is 0 Å². The number of fused-ring (bicyclic) bond motifs is 1. The van der Waals surface area contributed by atoms with Gasteiger partial charge in [-0.15, -0.1) is 0 Å². The van der Waals surface area contributed by atoms with Gasteiger partial charge in [-0.25, -0.2) is 8.42 Å². The second-order valence-electron chi connectivity index (χ2n) is 6.91. The average molecular weight is 386 g/mol. The van der Waals surface area contributed by atoms with Crippen LogP contribution in [0.25, 0.3) is 0 Å². The molecule has 1 atom stereocenters. The third kappa shape index (κ3) is 4.17. The van der Waals surface area contributed by atoms with Gasteiger partial charge >= 0.3 is 0 Å². The Morgan fingerprint density at radius 3 is 2.67 bits per heavy atom. The number of piperazine rings is 1. The molecule has 0 radical (unpaired) electrons. The normalized spacial score (nSPS) is 24.1. The number of allylic oxidation sites excluding steroid dienone is 8. The van der Waals surface area contributed by atoms with Gasteiger partial charge in [-0.2, -0.15) is 0 Å². The van der Waals surface area contributed by atoms with Crippen molar-refractivity contribution in [3.8, 4) is 0 Å². The predicted octanol–water partition coefficient (Wildman–Crippen LogP) is 2.49. The average Bonchev–Trinajstić information content (AvgIpc) is 2.98. The van der Waals surface area contributed by atoms with Crippen molar-refractivity contribution in [2.45, 2.75) is 13.0 Å². The van der Waals surface area contributed by atoms with E-state index >= 15 is 0 Å². The summed E-state index contributed by atoms with van der Waals surface area (Å²) < 4.78 is 25.9. The van der Waals surface area contributed by atoms with E-state index in [1.807, 2.05) is 18.2 Å². The molecule has 1 N–H and O–H groups in total. The quantitative estimate of drug-likeness (QED) is 0.737. The molecule has 0 spiro atoms. The Morgan fingerprint density at radius 1 is 1.22 bits per heavy atom. The van der Waals surface area contributed by atoms with Crippen molar-refractivity contribution in [3.63, 3.8) is 0 Å². The summed E-state index contributed by atoms with van der Waals surface area (Å²) in [6.45, 7) is 9.09. The molecule has 0 aromatic rings. The molecule has 0 aromatic carbocycles. The van der Waals surface area contributed by atoms with E-state index in [1.165, 1.54) is 0 Å². The van der Waals surface area contributed by atoms with Gasteiger partial charge in [0.1, 0.15) is 5.03 Å². The highest BCUT2D eigenvalue weighted by molar-refractivity contribution is 7.98. The number of likely N-dealkylation sites (N-methyl/N-ethyl adjacent to an activating group) is 1. The molecule has 1 fully saturated rings. The highest BCUT2D eigenvalue weighted by Crippen LogP contribution is 2.30. The Balaban J connectivity index is 1.95. The van der Waals surface area contributed by atoms with Crippen LogP contribution in [-0.2, 0) is 9.84 Å². The second-order valence-corrected chi connectivity index (χ2v) is 9.00. The first-order valence-electron chi connectivity index (χ1n) is 9.15. The fourth-order valence-corrected chi connectivity index (χ4v) is 4.50. The number of hydrogen-bond acceptors (Lipinski definition) is 5. The minimum Gasteiger partial charge on any atom is -0.369 e. The summed E-state index contributed by atoms with van der Waals surface area (Å²) in [7, 11) is -1.42. The molecule has 1 aliphatic carbocycles. The molecule has 2 aliphatic heterocycles. The third-order valence-electron chi connectivity index (χ3n) is 5.02. The Bertz CT molecular complexity index is 880. The zero-order valence-corrected chi connectivity index (χ0v) is 16.7. The van der Waals surface area contributed by atoms with Crippen LogP contribution < -0.4 is 5.32 Å². The number of sulfone groups is 1. The molecule has 0 saturated carbocycles. The number of nitrogens with zero attached hydrogens (tertiary/aromatic N) is 2. The van der Waals surface area contributed by atoms with Crippen LogP contribution in [0.3, 0.4) is 0 Å². The highest BCUT2D eigenvalue weighted by Gasteiger charge is 2.32. The molecule has 2 heterocycles. The number of hydrogen-bond donors (Lipinski definition) is 1. The van der Waals surface area contributed by atoms with Gasteiger partial charge in [-0.05, 0) is 32.2 Å². The lowest BCUT2D eigenvalue weighted by molar-refractivity contribution is 0.189. The molecule has 27 heavy (non-hydrogen) atoms. The zero-order valence-electron chi connectivity index (χ0n) is 15.9. The van der Waals surface area contributed by atoms with Gasteiger partial charge in [0.15, 0.2) is 0 Å². The molecule has 0 amide bonds. The lowest BCUT2D eigenvalue weighted by Gasteiger charge is -2.35. The summed E-state index contributed by atoms with van der Waals surface area (Å²) in [5.41, 5.74) is 2.11. The fourth-order valence-electron chi connectivity index (χ4n) is 3.33. The van der Waals surface area contributed by atoms with Crippen LogP contribution in [0.1, 0.15) is 6.92 Å². The fraction of sp³-hybridized carbons (Fsp3) is 0.333. The van der Waals surface area contributed by atoms with E-state index in [1.54, 1.807) is 37.3 Å². The smallest absolute Gasteiger partial charge is 0.217 e. The van der Waals surface area contributed by atoms with Crippen molar-refractivity contribution < 1.29 is 8.42 Å². The molecular formula is C21H27N3O2S. The van der Waals surface area contributed by atoms with Crippen molar-refractivity contribution in [1.29, 1.82) is 0 Å². The minimum atomic E-state index is -3.55. The summed E-state index contributed by atoms with van der Waals surface area (Å²) in [4.78, 5) is 4.95. The molecule has 0 aromatic heterocycles. The maximum Gasteiger partial charge on any atom is 0.217 e. The van der Waals surface area contributed by atoms with Crippen LogP contribution >= 0.6 is 0 Å². The van der Waals surface area contributed by atoms with Crippen LogP contribution in [0, 0.1) is 0 Å². The summed E-state index contributed by atoms with van der Waals surface area (Å²) >= 11 is 0. The van der Waals surface area contributed by atoms with E-state index in [9.17, 15) is 8.42 Å². The van der Waals surface area contributed by atoms with E-state index in [-0.39, 0.29) is 11.1 Å². The molecule has 6 heteroatoms. The van der Waals surface area contributed by atoms with Gasteiger partial charge < -0.3 is 15.1 Å². The maximum atomic E-state index is 12.9. The van der Waals surface area contributed by atoms with E-state index in [2.05, 4.69) is 34.8 Å². The highest BCUT2D eigenvalue weighted by atomic mass is 32.2. The summed E-state index contributed by atoms with van der Waals surface area (Å²) in [6.07, 6.45) is 16.5. The third-order valence-corrected chi connectivity index (χ3v) is 6.82. The van der Waals surface area contributed by atoms with Crippen LogP contribution in [0.15, 0.2) is 82.5 Å². The van der Waals surface area contributed by atoms with E-state index < -0.39 is 9.84 Å². The van der Waals surface area contributed by atoms with Crippen LogP contribution in [0.2, 0.25) is 0 Å². The van der Waals surface area contributed by atoms with Crippen molar-refractivity contribution in [2.75, 3.05) is 33.2 Å². The van der Waals surface area contributed by atoms with Crippen molar-refractivity contribution in [3.05, 3.63) is 82.5 Å². The zero-order chi connectivity index (χ0) is 19.4. The largest absolute Gasteiger partial charge is 0.369 e. The SMILES string of the molecule is C=C/C=C\C=C(/C)S(=O)(=O)C1=CC2=C(N3CCN(C)CC3)C=CC=CC2N1. The number of rotatable bonds is 5. The molecule has 3 aliphatic rings. The first kappa shape index (κ1) is 19.5. The molecule has 3 rings (SSSR count). The van der Waals surface area contributed by atoms with E-state index in [0.29, 0.717) is 4.91 Å². The van der Waals surface area contributed by atoms with Gasteiger partial charge in [-0.1, -0.05) is 43.0 Å². The Kier molecular flexibility index (Phi) is 5.87. The number of nitrogens with one attached hydrogen (secondary N) is 1. The van der Waals surface area contributed by atoms with Crippen LogP contribution in [0.4, 0.5) is 0 Å². The van der Waals surface area contributed by atoms with Gasteiger partial charge in [0.25, 0.3) is 0 Å². The summed E-state index contributed by atoms with van der Waals surface area (Å²) in [5, 5.41) is 3.45. The van der Waals surface area contributed by atoms with Gasteiger partial charge in [-0.3, -0.25) is 0 Å². The molecule has 1 unspecified atom stereocenters. The minimum absolute atomic E-state index is 0.129. The van der Waals surface area contributed by atoms with E-state index in [4.69, 9.17) is 0 Å². The lowest BCUT2D eigenvalue weighted by Crippen LogP contribution is -2.44. The molecule has 1 saturated heterocycles. The van der Waals surface area contributed by atoms with Crippen LogP contribution in [-0.4, -0.2) is 57.5 Å². The summed E-state index contributed by atoms with van der Waals surface area (Å²) in [6, 6.07) is -0.129. The van der Waals surface area contributed by atoms with Gasteiger partial charge in [0, 0.05) is 42.4 Å². The first-order valence-corrected chi connectivity index (χ1v) is 10.6. The van der Waals surface area contributed by atoms with Gasteiger partial charge in [0.05, 0.1) is 6.04 Å². The summed E-state index contributed by atoms with van der Waals surface area (Å²) in [5.74, 6) is 0. The lowest BCUT2D eigenvalue weighted by atomic mass is 10.1. The van der Waals surface area contributed by atoms with Crippen molar-refractivity contribution in [2.24, 2.45) is 0 Å². The topological polar surface area (TPSA) is 52.7 Å². The first-order chi connectivity index (χ1) is 12.9. The second kappa shape index (κ2) is 8.15. The Hall–Kier alpha value is -2.31. The Morgan fingerprint density at radius 2 is 1.96 bits per heavy atom. The standard InChI is InChI=1S/C21H27N3O2S/c1-4-5-6-9-17(2)27(25,26)21-16-18-19(22-21)10-7-8-11-20(18)24-14-12-23(3)13-15-24/h4-11,16,19,22H,1,12-15H2,2-3H3/b6-5-,17-9+. The predicted molar refractivity (Wildman–Crippen MR) is 111 cm³/mol. The monoisotopic (exact) mass is 385 g/mol. The maximum absolute atomic E-state index is 12.9.